The predicted octanol–water partition coefficient (Wildman–Crippen LogP) is 5.53. The molecule has 0 aliphatic carbocycles. The summed E-state index contributed by atoms with van der Waals surface area (Å²) in [5.41, 5.74) is 1.59. The summed E-state index contributed by atoms with van der Waals surface area (Å²) < 4.78 is 11.6. The molecule has 0 radical (unpaired) electrons. The van der Waals surface area contributed by atoms with Crippen LogP contribution in [-0.2, 0) is 4.84 Å². The van der Waals surface area contributed by atoms with Gasteiger partial charge in [0.25, 0.3) is 0 Å². The highest BCUT2D eigenvalue weighted by Gasteiger charge is 2.12. The Balaban J connectivity index is 1.87. The third-order valence-corrected chi connectivity index (χ3v) is 4.43. The fraction of sp³-hybridized carbons (Fsp3) is 0.280. The van der Waals surface area contributed by atoms with Gasteiger partial charge in [-0.3, -0.25) is 0 Å². The summed E-state index contributed by atoms with van der Waals surface area (Å²) >= 11 is 0. The number of carboxylic acids is 1. The Morgan fingerprint density at radius 3 is 2.42 bits per heavy atom. The van der Waals surface area contributed by atoms with Crippen LogP contribution in [0.1, 0.15) is 43.1 Å². The van der Waals surface area contributed by atoms with Crippen LogP contribution in [0.15, 0.2) is 65.8 Å². The normalized spacial score (nSPS) is 11.5. The number of nitrogens with zero attached hydrogens (tertiary/aromatic N) is 1. The summed E-state index contributed by atoms with van der Waals surface area (Å²) in [6, 6.07) is 18.7. The molecule has 3 aromatic carbocycles. The van der Waals surface area contributed by atoms with Gasteiger partial charge in [0.1, 0.15) is 30.4 Å². The number of fused-ring (bicyclic) bond motifs is 1. The zero-order chi connectivity index (χ0) is 22.2. The zero-order valence-corrected chi connectivity index (χ0v) is 18.0. The van der Waals surface area contributed by atoms with Gasteiger partial charge in [0.15, 0.2) is 0 Å². The monoisotopic (exact) mass is 421 g/mol. The van der Waals surface area contributed by atoms with Crippen LogP contribution < -0.4 is 9.47 Å². The highest BCUT2D eigenvalue weighted by molar-refractivity contribution is 6.04. The Labute approximate surface area is 182 Å². The lowest BCUT2D eigenvalue weighted by Crippen LogP contribution is -2.15. The second kappa shape index (κ2) is 10.5. The first-order valence-electron chi connectivity index (χ1n) is 10.3. The lowest BCUT2D eigenvalue weighted by Gasteiger charge is -2.14. The molecule has 3 rings (SSSR count). The average Bonchev–Trinajstić information content (AvgIpc) is 2.75. The summed E-state index contributed by atoms with van der Waals surface area (Å²) in [7, 11) is 0. The molecular formula is C25H27NO5. The quantitative estimate of drug-likeness (QED) is 0.264. The first-order valence-corrected chi connectivity index (χ1v) is 10.3. The fourth-order valence-corrected chi connectivity index (χ4v) is 3.02. The molecule has 0 amide bonds. The molecule has 0 saturated carbocycles. The number of hydrogen-bond acceptors (Lipinski definition) is 5. The van der Waals surface area contributed by atoms with E-state index < -0.39 is 5.97 Å². The highest BCUT2D eigenvalue weighted by Crippen LogP contribution is 2.25. The summed E-state index contributed by atoms with van der Waals surface area (Å²) in [6.45, 7) is 6.38. The van der Waals surface area contributed by atoms with Crippen molar-refractivity contribution in [2.45, 2.75) is 33.3 Å². The Hall–Kier alpha value is -3.54. The number of hydrogen-bond donors (Lipinski definition) is 1. The number of ether oxygens (including phenoxy) is 2. The molecule has 0 fully saturated rings. The molecule has 6 heteroatoms. The minimum atomic E-state index is -1.05. The zero-order valence-electron chi connectivity index (χ0n) is 18.0. The van der Waals surface area contributed by atoms with Crippen molar-refractivity contribution < 1.29 is 24.2 Å². The van der Waals surface area contributed by atoms with Crippen LogP contribution in [0, 0.1) is 0 Å². The van der Waals surface area contributed by atoms with Crippen LogP contribution in [0.4, 0.5) is 0 Å². The number of rotatable bonds is 10. The van der Waals surface area contributed by atoms with Crippen LogP contribution in [-0.4, -0.2) is 36.1 Å². The van der Waals surface area contributed by atoms with E-state index in [0.29, 0.717) is 23.8 Å². The molecule has 0 aliphatic heterocycles. The third-order valence-electron chi connectivity index (χ3n) is 4.43. The van der Waals surface area contributed by atoms with Crippen LogP contribution in [0.2, 0.25) is 0 Å². The minimum Gasteiger partial charge on any atom is -0.491 e. The first kappa shape index (κ1) is 22.2. The molecule has 0 spiro atoms. The standard InChI is InChI=1S/C25H27NO5/c1-4-11-30-26-24(20-10-9-18-7-5-6-8-19(18)12-20)16-29-22-13-21(25(27)28)14-23(15-22)31-17(2)3/h5-10,12-15,17H,4,11,16H2,1-3H3,(H,27,28)/b26-24+. The minimum absolute atomic E-state index is 0.0888. The van der Waals surface area contributed by atoms with E-state index in [1.54, 1.807) is 6.07 Å². The number of oxime groups is 1. The van der Waals surface area contributed by atoms with Crippen molar-refractivity contribution in [1.82, 2.24) is 0 Å². The molecule has 0 aromatic heterocycles. The van der Waals surface area contributed by atoms with E-state index in [4.69, 9.17) is 14.3 Å². The SMILES string of the molecule is CCCO/N=C(\COc1cc(OC(C)C)cc(C(=O)O)c1)c1ccc2ccccc2c1. The van der Waals surface area contributed by atoms with Gasteiger partial charge in [-0.1, -0.05) is 48.5 Å². The molecule has 162 valence electrons. The average molecular weight is 421 g/mol. The Morgan fingerprint density at radius 2 is 1.71 bits per heavy atom. The number of carboxylic acid groups (broad SMARTS) is 1. The van der Waals surface area contributed by atoms with E-state index in [1.807, 2.05) is 63.2 Å². The van der Waals surface area contributed by atoms with E-state index in [1.165, 1.54) is 12.1 Å². The van der Waals surface area contributed by atoms with E-state index in [-0.39, 0.29) is 18.3 Å². The summed E-state index contributed by atoms with van der Waals surface area (Å²) in [5.74, 6) is -0.218. The molecule has 0 heterocycles. The molecule has 3 aromatic rings. The second-order valence-electron chi connectivity index (χ2n) is 7.39. The van der Waals surface area contributed by atoms with Gasteiger partial charge >= 0.3 is 5.97 Å². The molecule has 0 aliphatic rings. The van der Waals surface area contributed by atoms with Gasteiger partial charge in [-0.2, -0.15) is 0 Å². The molecule has 1 N–H and O–H groups in total. The topological polar surface area (TPSA) is 77.3 Å². The first-order chi connectivity index (χ1) is 15.0. The van der Waals surface area contributed by atoms with Crippen LogP contribution in [0.5, 0.6) is 11.5 Å². The maximum Gasteiger partial charge on any atom is 0.335 e. The van der Waals surface area contributed by atoms with Gasteiger partial charge in [0.05, 0.1) is 11.7 Å². The number of carbonyl (C=O) groups is 1. The molecule has 0 unspecified atom stereocenters. The van der Waals surface area contributed by atoms with Gasteiger partial charge in [0, 0.05) is 11.6 Å². The van der Waals surface area contributed by atoms with Crippen LogP contribution in [0.3, 0.4) is 0 Å². The summed E-state index contributed by atoms with van der Waals surface area (Å²) in [4.78, 5) is 16.9. The number of aromatic carboxylic acids is 1. The smallest absolute Gasteiger partial charge is 0.335 e. The van der Waals surface area contributed by atoms with Crippen molar-refractivity contribution in [1.29, 1.82) is 0 Å². The van der Waals surface area contributed by atoms with Crippen LogP contribution in [0.25, 0.3) is 10.8 Å². The molecule has 0 saturated heterocycles. The molecule has 31 heavy (non-hydrogen) atoms. The fourth-order valence-electron chi connectivity index (χ4n) is 3.02. The Kier molecular flexibility index (Phi) is 7.49. The largest absolute Gasteiger partial charge is 0.491 e. The molecule has 6 nitrogen and oxygen atoms in total. The van der Waals surface area contributed by atoms with Gasteiger partial charge in [0.2, 0.25) is 0 Å². The van der Waals surface area contributed by atoms with E-state index in [9.17, 15) is 9.90 Å². The Bertz CT molecular complexity index is 1070. The third kappa shape index (κ3) is 6.22. The van der Waals surface area contributed by atoms with Crippen molar-refractivity contribution >= 4 is 22.5 Å². The summed E-state index contributed by atoms with van der Waals surface area (Å²) in [5, 5.41) is 15.9. The van der Waals surface area contributed by atoms with Gasteiger partial charge in [-0.05, 0) is 49.2 Å². The van der Waals surface area contributed by atoms with Crippen molar-refractivity contribution in [3.05, 3.63) is 71.8 Å². The maximum atomic E-state index is 11.5. The lowest BCUT2D eigenvalue weighted by atomic mass is 10.0. The molecule has 0 atom stereocenters. The second-order valence-corrected chi connectivity index (χ2v) is 7.39. The maximum absolute atomic E-state index is 11.5. The van der Waals surface area contributed by atoms with Crippen molar-refractivity contribution in [2.75, 3.05) is 13.2 Å². The van der Waals surface area contributed by atoms with E-state index in [2.05, 4.69) is 5.16 Å². The Morgan fingerprint density at radius 1 is 0.968 bits per heavy atom. The van der Waals surface area contributed by atoms with Gasteiger partial charge in [-0.25, -0.2) is 4.79 Å². The predicted molar refractivity (Wildman–Crippen MR) is 121 cm³/mol. The van der Waals surface area contributed by atoms with Crippen molar-refractivity contribution in [3.63, 3.8) is 0 Å². The van der Waals surface area contributed by atoms with Gasteiger partial charge < -0.3 is 19.4 Å². The lowest BCUT2D eigenvalue weighted by molar-refractivity contribution is 0.0695. The van der Waals surface area contributed by atoms with Crippen molar-refractivity contribution in [3.8, 4) is 11.5 Å². The number of benzene rings is 3. The van der Waals surface area contributed by atoms with Crippen LogP contribution >= 0.6 is 0 Å². The highest BCUT2D eigenvalue weighted by atomic mass is 16.6. The van der Waals surface area contributed by atoms with Gasteiger partial charge in [-0.15, -0.1) is 0 Å². The molecular weight excluding hydrogens is 394 g/mol. The van der Waals surface area contributed by atoms with E-state index in [0.717, 1.165) is 22.8 Å². The van der Waals surface area contributed by atoms with Crippen molar-refractivity contribution in [2.24, 2.45) is 5.16 Å². The summed E-state index contributed by atoms with van der Waals surface area (Å²) in [6.07, 6.45) is 0.750. The molecule has 0 bridgehead atoms. The van der Waals surface area contributed by atoms with E-state index >= 15 is 0 Å².